The molecule has 1 unspecified atom stereocenters. The van der Waals surface area contributed by atoms with Crippen LogP contribution < -0.4 is 10.5 Å². The van der Waals surface area contributed by atoms with E-state index in [1.807, 2.05) is 30.3 Å². The molecule has 0 radical (unpaired) electrons. The SMILES string of the molecule is COc1ccc2cc(C(N)Br)ccc2c1. The van der Waals surface area contributed by atoms with Crippen LogP contribution in [0.2, 0.25) is 0 Å². The third-order valence-corrected chi connectivity index (χ3v) is 2.92. The van der Waals surface area contributed by atoms with Gasteiger partial charge in [0.15, 0.2) is 0 Å². The van der Waals surface area contributed by atoms with Crippen molar-refractivity contribution < 1.29 is 4.74 Å². The lowest BCUT2D eigenvalue weighted by Crippen LogP contribution is -2.00. The number of nitrogens with two attached hydrogens (primary N) is 1. The molecule has 78 valence electrons. The van der Waals surface area contributed by atoms with Gasteiger partial charge in [0.2, 0.25) is 0 Å². The van der Waals surface area contributed by atoms with Crippen molar-refractivity contribution in [2.45, 2.75) is 4.95 Å². The van der Waals surface area contributed by atoms with Gasteiger partial charge in [0.05, 0.1) is 12.1 Å². The van der Waals surface area contributed by atoms with Gasteiger partial charge in [0, 0.05) is 0 Å². The molecule has 0 saturated carbocycles. The number of hydrogen-bond acceptors (Lipinski definition) is 2. The van der Waals surface area contributed by atoms with Gasteiger partial charge < -0.3 is 10.5 Å². The minimum Gasteiger partial charge on any atom is -0.497 e. The molecule has 3 heteroatoms. The van der Waals surface area contributed by atoms with E-state index in [0.717, 1.165) is 16.7 Å². The summed E-state index contributed by atoms with van der Waals surface area (Å²) in [6.07, 6.45) is 0. The lowest BCUT2D eigenvalue weighted by Gasteiger charge is -2.07. The first-order valence-corrected chi connectivity index (χ1v) is 5.59. The van der Waals surface area contributed by atoms with E-state index in [4.69, 9.17) is 10.5 Å². The Bertz CT molecular complexity index is 482. The fourth-order valence-electron chi connectivity index (χ4n) is 1.54. The minimum atomic E-state index is -0.107. The highest BCUT2D eigenvalue weighted by Crippen LogP contribution is 2.25. The van der Waals surface area contributed by atoms with Crippen molar-refractivity contribution >= 4 is 26.7 Å². The van der Waals surface area contributed by atoms with Gasteiger partial charge in [-0.15, -0.1) is 0 Å². The summed E-state index contributed by atoms with van der Waals surface area (Å²) in [5.74, 6) is 0.874. The number of methoxy groups -OCH3 is 1. The van der Waals surface area contributed by atoms with E-state index in [2.05, 4.69) is 22.0 Å². The molecule has 0 aliphatic carbocycles. The fraction of sp³-hybridized carbons (Fsp3) is 0.167. The van der Waals surface area contributed by atoms with Crippen molar-refractivity contribution in [1.29, 1.82) is 0 Å². The molecule has 0 fully saturated rings. The molecule has 0 heterocycles. The molecule has 0 aliphatic rings. The van der Waals surface area contributed by atoms with Crippen molar-refractivity contribution in [3.8, 4) is 5.75 Å². The van der Waals surface area contributed by atoms with Gasteiger partial charge in [0.1, 0.15) is 5.75 Å². The Labute approximate surface area is 97.2 Å². The second-order valence-electron chi connectivity index (χ2n) is 3.37. The van der Waals surface area contributed by atoms with Crippen molar-refractivity contribution in [3.63, 3.8) is 0 Å². The Kier molecular flexibility index (Phi) is 2.93. The summed E-state index contributed by atoms with van der Waals surface area (Å²) in [4.78, 5) is -0.107. The van der Waals surface area contributed by atoms with Gasteiger partial charge in [-0.25, -0.2) is 0 Å². The lowest BCUT2D eigenvalue weighted by molar-refractivity contribution is 0.415. The molecule has 0 saturated heterocycles. The summed E-state index contributed by atoms with van der Waals surface area (Å²) >= 11 is 3.35. The van der Waals surface area contributed by atoms with Crippen LogP contribution in [0.4, 0.5) is 0 Å². The van der Waals surface area contributed by atoms with E-state index in [1.165, 1.54) is 5.39 Å². The van der Waals surface area contributed by atoms with E-state index in [-0.39, 0.29) is 4.95 Å². The average molecular weight is 266 g/mol. The zero-order valence-electron chi connectivity index (χ0n) is 8.41. The minimum absolute atomic E-state index is 0.107. The highest BCUT2D eigenvalue weighted by molar-refractivity contribution is 9.09. The number of ether oxygens (including phenoxy) is 1. The van der Waals surface area contributed by atoms with E-state index < -0.39 is 0 Å². The highest BCUT2D eigenvalue weighted by atomic mass is 79.9. The Morgan fingerprint density at radius 3 is 2.47 bits per heavy atom. The molecule has 0 bridgehead atoms. The van der Waals surface area contributed by atoms with Gasteiger partial charge in [-0.1, -0.05) is 34.1 Å². The summed E-state index contributed by atoms with van der Waals surface area (Å²) in [5.41, 5.74) is 6.83. The molecule has 2 N–H and O–H groups in total. The Balaban J connectivity index is 2.55. The van der Waals surface area contributed by atoms with E-state index in [1.54, 1.807) is 7.11 Å². The van der Waals surface area contributed by atoms with E-state index in [9.17, 15) is 0 Å². The maximum absolute atomic E-state index is 5.75. The first-order valence-electron chi connectivity index (χ1n) is 4.68. The monoisotopic (exact) mass is 265 g/mol. The second kappa shape index (κ2) is 4.21. The molecule has 2 aromatic rings. The van der Waals surface area contributed by atoms with Crippen LogP contribution in [0.3, 0.4) is 0 Å². The fourth-order valence-corrected chi connectivity index (χ4v) is 1.83. The Morgan fingerprint density at radius 1 is 1.13 bits per heavy atom. The quantitative estimate of drug-likeness (QED) is 0.669. The molecule has 15 heavy (non-hydrogen) atoms. The van der Waals surface area contributed by atoms with Gasteiger partial charge in [-0.05, 0) is 34.5 Å². The third kappa shape index (κ3) is 2.13. The van der Waals surface area contributed by atoms with Crippen molar-refractivity contribution in [2.24, 2.45) is 5.73 Å². The van der Waals surface area contributed by atoms with Crippen LogP contribution in [0.1, 0.15) is 10.5 Å². The zero-order valence-corrected chi connectivity index (χ0v) is 9.99. The van der Waals surface area contributed by atoms with Crippen molar-refractivity contribution in [2.75, 3.05) is 7.11 Å². The van der Waals surface area contributed by atoms with E-state index >= 15 is 0 Å². The summed E-state index contributed by atoms with van der Waals surface area (Å²) in [7, 11) is 1.67. The summed E-state index contributed by atoms with van der Waals surface area (Å²) in [6.45, 7) is 0. The molecule has 0 amide bonds. The zero-order chi connectivity index (χ0) is 10.8. The largest absolute Gasteiger partial charge is 0.497 e. The number of alkyl halides is 1. The first-order chi connectivity index (χ1) is 7.20. The van der Waals surface area contributed by atoms with Crippen LogP contribution >= 0.6 is 15.9 Å². The number of rotatable bonds is 2. The lowest BCUT2D eigenvalue weighted by atomic mass is 10.1. The molecule has 1 atom stereocenters. The number of halogens is 1. The smallest absolute Gasteiger partial charge is 0.119 e. The third-order valence-electron chi connectivity index (χ3n) is 2.39. The molecule has 2 rings (SSSR count). The molecule has 0 aromatic heterocycles. The number of hydrogen-bond donors (Lipinski definition) is 1. The molecule has 0 spiro atoms. The van der Waals surface area contributed by atoms with Gasteiger partial charge in [-0.3, -0.25) is 0 Å². The first kappa shape index (κ1) is 10.5. The van der Waals surface area contributed by atoms with E-state index in [0.29, 0.717) is 0 Å². The molecule has 2 aromatic carbocycles. The summed E-state index contributed by atoms with van der Waals surface area (Å²) < 4.78 is 5.17. The average Bonchev–Trinajstić information content (AvgIpc) is 2.27. The molecular weight excluding hydrogens is 254 g/mol. The number of benzene rings is 2. The van der Waals surface area contributed by atoms with Gasteiger partial charge in [0.25, 0.3) is 0 Å². The van der Waals surface area contributed by atoms with Crippen LogP contribution in [0.25, 0.3) is 10.8 Å². The topological polar surface area (TPSA) is 35.2 Å². The van der Waals surface area contributed by atoms with Crippen LogP contribution in [0, 0.1) is 0 Å². The second-order valence-corrected chi connectivity index (χ2v) is 4.36. The van der Waals surface area contributed by atoms with Crippen LogP contribution in [-0.2, 0) is 0 Å². The molecular formula is C12H12BrNO. The predicted octanol–water partition coefficient (Wildman–Crippen LogP) is 3.20. The predicted molar refractivity (Wildman–Crippen MR) is 66.4 cm³/mol. The molecule has 2 nitrogen and oxygen atoms in total. The Hall–Kier alpha value is -1.06. The van der Waals surface area contributed by atoms with Crippen molar-refractivity contribution in [1.82, 2.24) is 0 Å². The van der Waals surface area contributed by atoms with Crippen LogP contribution in [0.5, 0.6) is 5.75 Å². The standard InChI is InChI=1S/C12H12BrNO/c1-15-11-5-4-8-6-10(12(13)14)3-2-9(8)7-11/h2-7,12H,14H2,1H3. The summed E-state index contributed by atoms with van der Waals surface area (Å²) in [5, 5.41) is 2.33. The van der Waals surface area contributed by atoms with Gasteiger partial charge >= 0.3 is 0 Å². The maximum atomic E-state index is 5.75. The van der Waals surface area contributed by atoms with Gasteiger partial charge in [-0.2, -0.15) is 0 Å². The van der Waals surface area contributed by atoms with Crippen molar-refractivity contribution in [3.05, 3.63) is 42.0 Å². The normalized spacial score (nSPS) is 12.7. The van der Waals surface area contributed by atoms with Crippen LogP contribution in [0.15, 0.2) is 36.4 Å². The maximum Gasteiger partial charge on any atom is 0.119 e. The van der Waals surface area contributed by atoms with Crippen LogP contribution in [-0.4, -0.2) is 7.11 Å². The Morgan fingerprint density at radius 2 is 1.80 bits per heavy atom. The number of fused-ring (bicyclic) bond motifs is 1. The highest BCUT2D eigenvalue weighted by Gasteiger charge is 2.02. The molecule has 0 aliphatic heterocycles. The summed E-state index contributed by atoms with van der Waals surface area (Å²) in [6, 6.07) is 12.1.